The van der Waals surface area contributed by atoms with Crippen LogP contribution in [0.2, 0.25) is 0 Å². The van der Waals surface area contributed by atoms with Crippen molar-refractivity contribution in [2.45, 2.75) is 23.6 Å². The maximum atomic E-state index is 12.2. The lowest BCUT2D eigenvalue weighted by Gasteiger charge is -2.08. The number of para-hydroxylation sites is 1. The first-order valence-corrected chi connectivity index (χ1v) is 9.34. The van der Waals surface area contributed by atoms with Gasteiger partial charge in [0.2, 0.25) is 5.91 Å². The average molecular weight is 341 g/mol. The first kappa shape index (κ1) is 14.7. The largest absolute Gasteiger partial charge is 0.324 e. The molecule has 2 heterocycles. The number of pyridine rings is 1. The summed E-state index contributed by atoms with van der Waals surface area (Å²) in [6.07, 6.45) is 6.90. The lowest BCUT2D eigenvalue weighted by atomic mass is 10.1. The second-order valence-electron chi connectivity index (χ2n) is 5.46. The molecular formula is C17H15N3OS2. The lowest BCUT2D eigenvalue weighted by molar-refractivity contribution is -0.113. The number of aryl methyl sites for hydroxylation is 1. The van der Waals surface area contributed by atoms with E-state index in [0.717, 1.165) is 39.5 Å². The molecule has 0 fully saturated rings. The minimum atomic E-state index is -0.00337. The van der Waals surface area contributed by atoms with Crippen LogP contribution >= 0.6 is 23.1 Å². The highest BCUT2D eigenvalue weighted by molar-refractivity contribution is 8.01. The molecule has 1 aliphatic carbocycles. The number of nitrogens with zero attached hydrogens (tertiary/aromatic N) is 2. The predicted octanol–water partition coefficient (Wildman–Crippen LogP) is 3.91. The summed E-state index contributed by atoms with van der Waals surface area (Å²) in [5.74, 6) is 0.361. The molecule has 0 radical (unpaired) electrons. The molecule has 2 aromatic heterocycles. The van der Waals surface area contributed by atoms with Gasteiger partial charge in [0.15, 0.2) is 4.34 Å². The number of rotatable bonds is 4. The number of thiazole rings is 1. The number of hydrogen-bond acceptors (Lipinski definition) is 5. The van der Waals surface area contributed by atoms with E-state index in [1.165, 1.54) is 22.9 Å². The Labute approximate surface area is 142 Å². The number of anilines is 1. The molecule has 0 saturated carbocycles. The first-order chi connectivity index (χ1) is 11.3. The third-order valence-electron chi connectivity index (χ3n) is 3.89. The molecule has 4 nitrogen and oxygen atoms in total. The third kappa shape index (κ3) is 3.09. The van der Waals surface area contributed by atoms with Gasteiger partial charge in [0.1, 0.15) is 0 Å². The van der Waals surface area contributed by atoms with Crippen molar-refractivity contribution in [2.24, 2.45) is 0 Å². The fraction of sp³-hybridized carbons (Fsp3) is 0.235. The van der Waals surface area contributed by atoms with E-state index >= 15 is 0 Å². The van der Waals surface area contributed by atoms with Crippen LogP contribution in [0, 0.1) is 0 Å². The number of hydrogen-bond donors (Lipinski definition) is 1. The van der Waals surface area contributed by atoms with E-state index in [-0.39, 0.29) is 5.91 Å². The summed E-state index contributed by atoms with van der Waals surface area (Å²) < 4.78 is 2.08. The summed E-state index contributed by atoms with van der Waals surface area (Å²) in [6.45, 7) is 0. The van der Waals surface area contributed by atoms with E-state index in [9.17, 15) is 4.79 Å². The normalized spacial score (nSPS) is 13.2. The maximum absolute atomic E-state index is 12.2. The number of carbonyl (C=O) groups is 1. The molecule has 3 aromatic rings. The van der Waals surface area contributed by atoms with E-state index < -0.39 is 0 Å². The van der Waals surface area contributed by atoms with E-state index in [2.05, 4.69) is 21.4 Å². The number of fused-ring (bicyclic) bond motifs is 2. The van der Waals surface area contributed by atoms with Crippen LogP contribution in [0.4, 0.5) is 5.69 Å². The molecule has 0 atom stereocenters. The smallest absolute Gasteiger partial charge is 0.234 e. The number of carbonyl (C=O) groups excluding carboxylic acids is 1. The zero-order chi connectivity index (χ0) is 15.6. The van der Waals surface area contributed by atoms with Crippen LogP contribution in [-0.4, -0.2) is 21.6 Å². The molecule has 0 aliphatic heterocycles. The predicted molar refractivity (Wildman–Crippen MR) is 95.2 cm³/mol. The molecule has 1 aliphatic rings. The Morgan fingerprint density at radius 2 is 2.17 bits per heavy atom. The van der Waals surface area contributed by atoms with E-state index in [0.29, 0.717) is 5.75 Å². The van der Waals surface area contributed by atoms with Crippen LogP contribution in [0.3, 0.4) is 0 Å². The summed E-state index contributed by atoms with van der Waals surface area (Å²) in [6, 6.07) is 8.03. The van der Waals surface area contributed by atoms with Crippen LogP contribution < -0.4 is 5.32 Å². The molecule has 23 heavy (non-hydrogen) atoms. The number of nitrogens with one attached hydrogen (secondary N) is 1. The van der Waals surface area contributed by atoms with Crippen molar-refractivity contribution in [3.63, 3.8) is 0 Å². The number of thioether (sulfide) groups is 1. The first-order valence-electron chi connectivity index (χ1n) is 7.53. The monoisotopic (exact) mass is 341 g/mol. The second kappa shape index (κ2) is 6.29. The number of benzene rings is 1. The molecule has 1 aromatic carbocycles. The molecule has 4 rings (SSSR count). The molecule has 1 amide bonds. The van der Waals surface area contributed by atoms with Gasteiger partial charge in [0.25, 0.3) is 0 Å². The quantitative estimate of drug-likeness (QED) is 0.731. The van der Waals surface area contributed by atoms with Crippen LogP contribution in [0.1, 0.15) is 17.5 Å². The van der Waals surface area contributed by atoms with Gasteiger partial charge in [-0.05, 0) is 42.5 Å². The maximum Gasteiger partial charge on any atom is 0.234 e. The highest BCUT2D eigenvalue weighted by Gasteiger charge is 2.16. The Morgan fingerprint density at radius 3 is 3.09 bits per heavy atom. The van der Waals surface area contributed by atoms with E-state index in [4.69, 9.17) is 0 Å². The van der Waals surface area contributed by atoms with Crippen LogP contribution in [0.25, 0.3) is 10.2 Å². The number of aromatic nitrogens is 2. The second-order valence-corrected chi connectivity index (χ2v) is 7.72. The van der Waals surface area contributed by atoms with Crippen molar-refractivity contribution >= 4 is 44.9 Å². The summed E-state index contributed by atoms with van der Waals surface area (Å²) in [5.41, 5.74) is 4.38. The molecular weight excluding hydrogens is 326 g/mol. The lowest BCUT2D eigenvalue weighted by Crippen LogP contribution is -2.15. The Bertz CT molecular complexity index is 842. The summed E-state index contributed by atoms with van der Waals surface area (Å²) in [7, 11) is 0. The molecule has 6 heteroatoms. The van der Waals surface area contributed by atoms with Crippen molar-refractivity contribution in [1.82, 2.24) is 9.97 Å². The van der Waals surface area contributed by atoms with Gasteiger partial charge in [0.05, 0.1) is 27.9 Å². The van der Waals surface area contributed by atoms with Gasteiger partial charge in [-0.1, -0.05) is 23.9 Å². The van der Waals surface area contributed by atoms with Gasteiger partial charge in [-0.3, -0.25) is 9.78 Å². The fourth-order valence-corrected chi connectivity index (χ4v) is 4.70. The van der Waals surface area contributed by atoms with E-state index in [1.807, 2.05) is 24.4 Å². The van der Waals surface area contributed by atoms with Crippen molar-refractivity contribution < 1.29 is 4.79 Å². The third-order valence-corrected chi connectivity index (χ3v) is 6.07. The highest BCUT2D eigenvalue weighted by Crippen LogP contribution is 2.30. The topological polar surface area (TPSA) is 54.9 Å². The number of amides is 1. The van der Waals surface area contributed by atoms with Gasteiger partial charge in [-0.2, -0.15) is 0 Å². The summed E-state index contributed by atoms with van der Waals surface area (Å²) in [4.78, 5) is 21.0. The van der Waals surface area contributed by atoms with Crippen molar-refractivity contribution in [3.8, 4) is 0 Å². The SMILES string of the molecule is O=C(CSc1nc2ccccc2s1)Nc1cncc2c1CCC2. The van der Waals surface area contributed by atoms with Gasteiger partial charge in [-0.15, -0.1) is 11.3 Å². The van der Waals surface area contributed by atoms with Gasteiger partial charge >= 0.3 is 0 Å². The molecule has 1 N–H and O–H groups in total. The summed E-state index contributed by atoms with van der Waals surface area (Å²) >= 11 is 3.11. The zero-order valence-corrected chi connectivity index (χ0v) is 14.0. The van der Waals surface area contributed by atoms with Crippen LogP contribution in [-0.2, 0) is 17.6 Å². The van der Waals surface area contributed by atoms with Crippen molar-refractivity contribution in [3.05, 3.63) is 47.8 Å². The summed E-state index contributed by atoms with van der Waals surface area (Å²) in [5, 5.41) is 3.00. The molecule has 0 spiro atoms. The zero-order valence-electron chi connectivity index (χ0n) is 12.4. The van der Waals surface area contributed by atoms with Crippen LogP contribution in [0.15, 0.2) is 41.0 Å². The Kier molecular flexibility index (Phi) is 4.01. The molecule has 0 bridgehead atoms. The Hall–Kier alpha value is -1.92. The van der Waals surface area contributed by atoms with Crippen molar-refractivity contribution in [1.29, 1.82) is 0 Å². The Balaban J connectivity index is 1.41. The highest BCUT2D eigenvalue weighted by atomic mass is 32.2. The molecule has 0 unspecified atom stereocenters. The average Bonchev–Trinajstić information content (AvgIpc) is 3.19. The molecule has 116 valence electrons. The van der Waals surface area contributed by atoms with Gasteiger partial charge in [0, 0.05) is 6.20 Å². The van der Waals surface area contributed by atoms with Gasteiger partial charge in [-0.25, -0.2) is 4.98 Å². The minimum absolute atomic E-state index is 0.00337. The standard InChI is InChI=1S/C17H15N3OS2/c21-16(19-14-9-18-8-11-4-3-5-12(11)14)10-22-17-20-13-6-1-2-7-15(13)23-17/h1-2,6-9H,3-5,10H2,(H,19,21). The fourth-order valence-electron chi connectivity index (χ4n) is 2.83. The van der Waals surface area contributed by atoms with Gasteiger partial charge < -0.3 is 5.32 Å². The van der Waals surface area contributed by atoms with Crippen molar-refractivity contribution in [2.75, 3.05) is 11.1 Å². The minimum Gasteiger partial charge on any atom is -0.324 e. The van der Waals surface area contributed by atoms with Crippen LogP contribution in [0.5, 0.6) is 0 Å². The molecule has 0 saturated heterocycles. The van der Waals surface area contributed by atoms with E-state index in [1.54, 1.807) is 17.5 Å². The Morgan fingerprint density at radius 1 is 1.26 bits per heavy atom.